The summed E-state index contributed by atoms with van der Waals surface area (Å²) in [5.74, 6) is 1.59. The highest BCUT2D eigenvalue weighted by Gasteiger charge is 2.21. The van der Waals surface area contributed by atoms with E-state index in [0.29, 0.717) is 23.4 Å². The lowest BCUT2D eigenvalue weighted by molar-refractivity contribution is -0.687. The van der Waals surface area contributed by atoms with Crippen LogP contribution < -0.4 is 19.6 Å². The van der Waals surface area contributed by atoms with E-state index in [-0.39, 0.29) is 11.5 Å². The molecule has 0 amide bonds. The van der Waals surface area contributed by atoms with Crippen molar-refractivity contribution in [2.75, 3.05) is 14.2 Å². The van der Waals surface area contributed by atoms with Crippen LogP contribution in [0.4, 0.5) is 0 Å². The molecule has 0 atom stereocenters. The molecule has 0 saturated carbocycles. The van der Waals surface area contributed by atoms with Gasteiger partial charge in [-0.1, -0.05) is 32.0 Å². The van der Waals surface area contributed by atoms with E-state index in [1.54, 1.807) is 18.8 Å². The quantitative estimate of drug-likeness (QED) is 0.362. The van der Waals surface area contributed by atoms with Gasteiger partial charge in [-0.15, -0.1) is 0 Å². The molecule has 5 rings (SSSR count). The van der Waals surface area contributed by atoms with Crippen LogP contribution in [-0.4, -0.2) is 28.4 Å². The molecular formula is C27H27N4O3+. The monoisotopic (exact) mass is 455 g/mol. The predicted octanol–water partition coefficient (Wildman–Crippen LogP) is 4.11. The van der Waals surface area contributed by atoms with Crippen LogP contribution in [0.1, 0.15) is 30.9 Å². The second-order valence-corrected chi connectivity index (χ2v) is 8.57. The zero-order chi connectivity index (χ0) is 23.8. The summed E-state index contributed by atoms with van der Waals surface area (Å²) in [5.41, 5.74) is 4.40. The molecule has 2 aromatic carbocycles. The number of para-hydroxylation sites is 1. The van der Waals surface area contributed by atoms with E-state index >= 15 is 0 Å². The number of methoxy groups -OCH3 is 2. The van der Waals surface area contributed by atoms with Crippen LogP contribution in [-0.2, 0) is 6.54 Å². The first-order chi connectivity index (χ1) is 16.5. The van der Waals surface area contributed by atoms with Gasteiger partial charge in [-0.2, -0.15) is 9.67 Å². The molecule has 172 valence electrons. The highest BCUT2D eigenvalue weighted by molar-refractivity contribution is 5.80. The number of hydrogen-bond acceptors (Lipinski definition) is 4. The van der Waals surface area contributed by atoms with Crippen LogP contribution in [0, 0.1) is 0 Å². The molecule has 3 heterocycles. The van der Waals surface area contributed by atoms with Crippen molar-refractivity contribution in [1.29, 1.82) is 0 Å². The van der Waals surface area contributed by atoms with E-state index in [1.165, 1.54) is 0 Å². The van der Waals surface area contributed by atoms with E-state index in [4.69, 9.17) is 14.6 Å². The minimum atomic E-state index is -0.0608. The second kappa shape index (κ2) is 8.67. The largest absolute Gasteiger partial charge is 0.493 e. The number of pyridine rings is 1. The fourth-order valence-corrected chi connectivity index (χ4v) is 4.36. The molecule has 0 aliphatic rings. The maximum Gasteiger partial charge on any atom is 0.266 e. The molecule has 3 aromatic heterocycles. The molecule has 7 nitrogen and oxygen atoms in total. The van der Waals surface area contributed by atoms with Crippen molar-refractivity contribution in [3.8, 4) is 17.2 Å². The summed E-state index contributed by atoms with van der Waals surface area (Å²) >= 11 is 0. The molecule has 0 radical (unpaired) electrons. The van der Waals surface area contributed by atoms with Gasteiger partial charge < -0.3 is 9.47 Å². The summed E-state index contributed by atoms with van der Waals surface area (Å²) < 4.78 is 16.5. The Bertz CT molecular complexity index is 1550. The van der Waals surface area contributed by atoms with Crippen molar-refractivity contribution < 1.29 is 14.0 Å². The van der Waals surface area contributed by atoms with E-state index in [9.17, 15) is 4.79 Å². The van der Waals surface area contributed by atoms with Gasteiger partial charge in [0.2, 0.25) is 0 Å². The molecule has 34 heavy (non-hydrogen) atoms. The lowest BCUT2D eigenvalue weighted by atomic mass is 10.1. The first-order valence-corrected chi connectivity index (χ1v) is 11.2. The van der Waals surface area contributed by atoms with Crippen molar-refractivity contribution in [2.24, 2.45) is 0 Å². The maximum atomic E-state index is 13.7. The highest BCUT2D eigenvalue weighted by Crippen LogP contribution is 2.28. The zero-order valence-corrected chi connectivity index (χ0v) is 19.7. The Morgan fingerprint density at radius 3 is 2.47 bits per heavy atom. The molecule has 0 aliphatic carbocycles. The Morgan fingerprint density at radius 2 is 1.76 bits per heavy atom. The number of benzene rings is 2. The average Bonchev–Trinajstić information content (AvgIpc) is 3.30. The summed E-state index contributed by atoms with van der Waals surface area (Å²) in [4.78, 5) is 13.7. The van der Waals surface area contributed by atoms with Gasteiger partial charge in [-0.3, -0.25) is 9.36 Å². The average molecular weight is 456 g/mol. The standard InChI is InChI=1S/C27H27N4O3/c1-18(2)22-15-28-31-23-17-29(16-19-10-11-24(33-3)25(14-19)34-4)13-12-21(23)27(32)30(26(22)31)20-8-6-5-7-9-20/h5-15,17-18H,16H2,1-4H3/q+1. The Balaban J connectivity index is 1.71. The Hall–Kier alpha value is -4.13. The van der Waals surface area contributed by atoms with Gasteiger partial charge >= 0.3 is 0 Å². The van der Waals surface area contributed by atoms with Crippen molar-refractivity contribution in [3.63, 3.8) is 0 Å². The third-order valence-corrected chi connectivity index (χ3v) is 6.09. The summed E-state index contributed by atoms with van der Waals surface area (Å²) in [6.07, 6.45) is 5.77. The lowest BCUT2D eigenvalue weighted by Crippen LogP contribution is -2.34. The van der Waals surface area contributed by atoms with Gasteiger partial charge in [0, 0.05) is 17.2 Å². The third-order valence-electron chi connectivity index (χ3n) is 6.09. The summed E-state index contributed by atoms with van der Waals surface area (Å²) in [6.45, 7) is 4.84. The molecule has 0 fully saturated rings. The molecule has 0 spiro atoms. The highest BCUT2D eigenvalue weighted by atomic mass is 16.5. The van der Waals surface area contributed by atoms with E-state index in [2.05, 4.69) is 13.8 Å². The van der Waals surface area contributed by atoms with Gasteiger partial charge in [0.1, 0.15) is 11.2 Å². The van der Waals surface area contributed by atoms with Gasteiger partial charge in [0.05, 0.1) is 31.5 Å². The fourth-order valence-electron chi connectivity index (χ4n) is 4.36. The van der Waals surface area contributed by atoms with Crippen molar-refractivity contribution in [2.45, 2.75) is 26.3 Å². The van der Waals surface area contributed by atoms with Crippen LogP contribution >= 0.6 is 0 Å². The van der Waals surface area contributed by atoms with Crippen molar-refractivity contribution in [1.82, 2.24) is 14.2 Å². The third kappa shape index (κ3) is 3.59. The minimum Gasteiger partial charge on any atom is -0.493 e. The smallest absolute Gasteiger partial charge is 0.266 e. The lowest BCUT2D eigenvalue weighted by Gasteiger charge is -2.13. The van der Waals surface area contributed by atoms with E-state index in [1.807, 2.05) is 82.3 Å². The normalized spacial score (nSPS) is 11.4. The molecule has 0 aliphatic heterocycles. The van der Waals surface area contributed by atoms with Crippen LogP contribution in [0.5, 0.6) is 11.5 Å². The van der Waals surface area contributed by atoms with Gasteiger partial charge in [0.15, 0.2) is 30.4 Å². The molecule has 5 aromatic rings. The predicted molar refractivity (Wildman–Crippen MR) is 131 cm³/mol. The maximum absolute atomic E-state index is 13.7. The first kappa shape index (κ1) is 21.7. The minimum absolute atomic E-state index is 0.0608. The number of aromatic nitrogens is 4. The summed E-state index contributed by atoms with van der Waals surface area (Å²) in [6, 6.07) is 17.5. The molecule has 0 N–H and O–H groups in total. The van der Waals surface area contributed by atoms with Gasteiger partial charge in [0.25, 0.3) is 5.56 Å². The van der Waals surface area contributed by atoms with Gasteiger partial charge in [-0.25, -0.2) is 4.52 Å². The fraction of sp³-hybridized carbons (Fsp3) is 0.222. The number of ether oxygens (including phenoxy) is 2. The second-order valence-electron chi connectivity index (χ2n) is 8.57. The van der Waals surface area contributed by atoms with Crippen LogP contribution in [0.3, 0.4) is 0 Å². The summed E-state index contributed by atoms with van der Waals surface area (Å²) in [5, 5.41) is 5.31. The molecule has 0 saturated heterocycles. The Kier molecular flexibility index (Phi) is 5.53. The number of nitrogens with zero attached hydrogens (tertiary/aromatic N) is 4. The Labute approximate surface area is 197 Å². The van der Waals surface area contributed by atoms with Gasteiger partial charge in [-0.05, 0) is 36.2 Å². The number of fused-ring (bicyclic) bond motifs is 3. The zero-order valence-electron chi connectivity index (χ0n) is 19.7. The van der Waals surface area contributed by atoms with Crippen LogP contribution in [0.2, 0.25) is 0 Å². The van der Waals surface area contributed by atoms with Crippen LogP contribution in [0.15, 0.2) is 78.0 Å². The van der Waals surface area contributed by atoms with E-state index in [0.717, 1.165) is 28.0 Å². The first-order valence-electron chi connectivity index (χ1n) is 11.2. The topological polar surface area (TPSA) is 61.6 Å². The van der Waals surface area contributed by atoms with Crippen LogP contribution in [0.25, 0.3) is 22.2 Å². The SMILES string of the molecule is COc1ccc(C[n+]2ccc3c(=O)n(-c4ccccc4)c4c(C(C)C)cnn4c3c2)cc1OC. The number of rotatable bonds is 6. The molecule has 0 unspecified atom stereocenters. The number of hydrogen-bond donors (Lipinski definition) is 0. The van der Waals surface area contributed by atoms with E-state index < -0.39 is 0 Å². The molecule has 0 bridgehead atoms. The summed E-state index contributed by atoms with van der Waals surface area (Å²) in [7, 11) is 3.25. The molecular weight excluding hydrogens is 428 g/mol. The van der Waals surface area contributed by atoms with Crippen molar-refractivity contribution in [3.05, 3.63) is 94.7 Å². The van der Waals surface area contributed by atoms with Crippen molar-refractivity contribution >= 4 is 16.6 Å². The Morgan fingerprint density at radius 1 is 1.00 bits per heavy atom. The molecule has 7 heteroatoms.